The van der Waals surface area contributed by atoms with Crippen LogP contribution in [0.25, 0.3) is 33.7 Å². The maximum atomic E-state index is 5.91. The minimum absolute atomic E-state index is 0.117. The maximum Gasteiger partial charge on any atom is 0.203 e. The average molecular weight is 420 g/mol. The summed E-state index contributed by atoms with van der Waals surface area (Å²) in [5.74, 6) is 2.41. The molecule has 2 aromatic carbocycles. The summed E-state index contributed by atoms with van der Waals surface area (Å²) in [4.78, 5) is 14.5. The first-order valence-electron chi connectivity index (χ1n) is 10.3. The van der Waals surface area contributed by atoms with Crippen molar-refractivity contribution in [3.05, 3.63) is 36.4 Å². The van der Waals surface area contributed by atoms with Gasteiger partial charge in [-0.2, -0.15) is 0 Å². The third-order valence-electron chi connectivity index (χ3n) is 5.59. The first-order chi connectivity index (χ1) is 15.2. The van der Waals surface area contributed by atoms with E-state index < -0.39 is 0 Å². The van der Waals surface area contributed by atoms with E-state index in [1.54, 1.807) is 21.3 Å². The van der Waals surface area contributed by atoms with Crippen molar-refractivity contribution >= 4 is 22.3 Å². The maximum absolute atomic E-state index is 5.91. The van der Waals surface area contributed by atoms with Crippen molar-refractivity contribution in [2.24, 2.45) is 0 Å². The molecule has 0 N–H and O–H groups in total. The molecule has 5 rings (SSSR count). The van der Waals surface area contributed by atoms with E-state index in [-0.39, 0.29) is 6.10 Å². The van der Waals surface area contributed by atoms with Gasteiger partial charge in [-0.1, -0.05) is 12.1 Å². The highest BCUT2D eigenvalue weighted by molar-refractivity contribution is 5.85. The van der Waals surface area contributed by atoms with Gasteiger partial charge >= 0.3 is 0 Å². The number of para-hydroxylation sites is 2. The molecule has 160 valence electrons. The molecule has 0 amide bonds. The number of ether oxygens (including phenoxy) is 4. The molecule has 8 nitrogen and oxygen atoms in total. The highest BCUT2D eigenvalue weighted by Crippen LogP contribution is 2.41. The molecule has 1 aliphatic heterocycles. The summed E-state index contributed by atoms with van der Waals surface area (Å²) in [6, 6.07) is 11.6. The Bertz CT molecular complexity index is 1220. The van der Waals surface area contributed by atoms with Crippen molar-refractivity contribution in [1.29, 1.82) is 0 Å². The number of rotatable bonds is 6. The van der Waals surface area contributed by atoms with Crippen LogP contribution in [0.1, 0.15) is 12.8 Å². The lowest BCUT2D eigenvalue weighted by molar-refractivity contribution is 0.0981. The number of imidazole rings is 1. The standard InChI is InChI=1S/C23H24N4O4/c1-28-18-11-14(12-19(29-2)20(18)30-3)22-26-21-23(27(22)13-15-7-6-10-31-15)25-17-9-5-4-8-16(17)24-21/h4-5,8-9,11-12,15H,6-7,10,13H2,1-3H3/t15-/m0/s1. The normalized spacial score (nSPS) is 16.2. The number of methoxy groups -OCH3 is 3. The molecule has 0 saturated carbocycles. The minimum Gasteiger partial charge on any atom is -0.493 e. The van der Waals surface area contributed by atoms with Crippen molar-refractivity contribution < 1.29 is 18.9 Å². The molecule has 1 fully saturated rings. The predicted molar refractivity (Wildman–Crippen MR) is 117 cm³/mol. The topological polar surface area (TPSA) is 80.5 Å². The third-order valence-corrected chi connectivity index (χ3v) is 5.59. The van der Waals surface area contributed by atoms with Crippen LogP contribution in [-0.4, -0.2) is 53.6 Å². The van der Waals surface area contributed by atoms with E-state index in [1.165, 1.54) is 0 Å². The van der Waals surface area contributed by atoms with E-state index in [0.29, 0.717) is 29.4 Å². The molecular weight excluding hydrogens is 396 g/mol. The summed E-state index contributed by atoms with van der Waals surface area (Å²) in [7, 11) is 4.80. The zero-order valence-electron chi connectivity index (χ0n) is 17.8. The molecule has 0 unspecified atom stereocenters. The summed E-state index contributed by atoms with van der Waals surface area (Å²) in [6.45, 7) is 1.43. The van der Waals surface area contributed by atoms with Crippen molar-refractivity contribution in [2.75, 3.05) is 27.9 Å². The van der Waals surface area contributed by atoms with Gasteiger partial charge in [0, 0.05) is 12.2 Å². The smallest absolute Gasteiger partial charge is 0.203 e. The van der Waals surface area contributed by atoms with Crippen molar-refractivity contribution in [2.45, 2.75) is 25.5 Å². The van der Waals surface area contributed by atoms with Gasteiger partial charge in [-0.15, -0.1) is 0 Å². The first kappa shape index (κ1) is 19.6. The molecule has 31 heavy (non-hydrogen) atoms. The lowest BCUT2D eigenvalue weighted by atomic mass is 10.1. The van der Waals surface area contributed by atoms with Gasteiger partial charge in [-0.25, -0.2) is 15.0 Å². The van der Waals surface area contributed by atoms with Crippen LogP contribution in [-0.2, 0) is 11.3 Å². The molecule has 3 heterocycles. The van der Waals surface area contributed by atoms with Gasteiger partial charge in [-0.3, -0.25) is 0 Å². The van der Waals surface area contributed by atoms with Gasteiger partial charge in [0.15, 0.2) is 22.8 Å². The van der Waals surface area contributed by atoms with Crippen LogP contribution in [0.5, 0.6) is 17.2 Å². The summed E-state index contributed by atoms with van der Waals surface area (Å²) in [5, 5.41) is 0. The molecule has 2 aromatic heterocycles. The fourth-order valence-electron chi connectivity index (χ4n) is 4.09. The molecule has 4 aromatic rings. The second-order valence-electron chi connectivity index (χ2n) is 7.45. The van der Waals surface area contributed by atoms with Crippen LogP contribution in [0, 0.1) is 0 Å². The molecule has 0 aliphatic carbocycles. The molecular formula is C23H24N4O4. The number of aromatic nitrogens is 4. The Morgan fingerprint density at radius 1 is 0.968 bits per heavy atom. The molecule has 1 saturated heterocycles. The fraction of sp³-hybridized carbons (Fsp3) is 0.348. The van der Waals surface area contributed by atoms with Crippen LogP contribution in [0.4, 0.5) is 0 Å². The SMILES string of the molecule is COc1cc(-c2nc3nc4ccccc4nc3n2C[C@@H]2CCCO2)cc(OC)c1OC. The Hall–Kier alpha value is -3.39. The van der Waals surface area contributed by atoms with E-state index >= 15 is 0 Å². The van der Waals surface area contributed by atoms with Gasteiger partial charge in [-0.05, 0) is 37.1 Å². The largest absolute Gasteiger partial charge is 0.493 e. The van der Waals surface area contributed by atoms with Crippen LogP contribution >= 0.6 is 0 Å². The van der Waals surface area contributed by atoms with Crippen molar-refractivity contribution in [3.8, 4) is 28.6 Å². The number of benzene rings is 2. The Labute approximate surface area is 179 Å². The van der Waals surface area contributed by atoms with Crippen LogP contribution in [0.3, 0.4) is 0 Å². The predicted octanol–water partition coefficient (Wildman–Crippen LogP) is 3.85. The number of fused-ring (bicyclic) bond motifs is 2. The van der Waals surface area contributed by atoms with Gasteiger partial charge in [0.2, 0.25) is 5.75 Å². The fourth-order valence-corrected chi connectivity index (χ4v) is 4.09. The minimum atomic E-state index is 0.117. The molecule has 1 aliphatic rings. The third kappa shape index (κ3) is 3.42. The zero-order chi connectivity index (χ0) is 21.4. The highest BCUT2D eigenvalue weighted by atomic mass is 16.5. The van der Waals surface area contributed by atoms with Crippen LogP contribution in [0.15, 0.2) is 36.4 Å². The number of hydrogen-bond donors (Lipinski definition) is 0. The van der Waals surface area contributed by atoms with E-state index in [2.05, 4.69) is 4.57 Å². The highest BCUT2D eigenvalue weighted by Gasteiger charge is 2.24. The quantitative estimate of drug-likeness (QED) is 0.469. The van der Waals surface area contributed by atoms with Crippen molar-refractivity contribution in [3.63, 3.8) is 0 Å². The second-order valence-corrected chi connectivity index (χ2v) is 7.45. The summed E-state index contributed by atoms with van der Waals surface area (Å²) < 4.78 is 24.6. The lowest BCUT2D eigenvalue weighted by Gasteiger charge is -2.16. The first-order valence-corrected chi connectivity index (χ1v) is 10.3. The van der Waals surface area contributed by atoms with E-state index in [1.807, 2.05) is 36.4 Å². The molecule has 8 heteroatoms. The van der Waals surface area contributed by atoms with E-state index in [4.69, 9.17) is 33.9 Å². The van der Waals surface area contributed by atoms with E-state index in [9.17, 15) is 0 Å². The van der Waals surface area contributed by atoms with Crippen molar-refractivity contribution in [1.82, 2.24) is 19.5 Å². The lowest BCUT2D eigenvalue weighted by Crippen LogP contribution is -2.16. The second kappa shape index (κ2) is 8.03. The Kier molecular flexibility index (Phi) is 5.07. The van der Waals surface area contributed by atoms with Gasteiger partial charge in [0.05, 0.1) is 45.0 Å². The van der Waals surface area contributed by atoms with Gasteiger partial charge in [0.1, 0.15) is 5.82 Å². The summed E-state index contributed by atoms with van der Waals surface area (Å²) in [6.07, 6.45) is 2.19. The van der Waals surface area contributed by atoms with E-state index in [0.717, 1.165) is 47.5 Å². The van der Waals surface area contributed by atoms with Crippen LogP contribution < -0.4 is 14.2 Å². The molecule has 0 bridgehead atoms. The Morgan fingerprint density at radius 3 is 2.29 bits per heavy atom. The number of nitrogens with zero attached hydrogens (tertiary/aromatic N) is 4. The average Bonchev–Trinajstić information content (AvgIpc) is 3.45. The molecule has 1 atom stereocenters. The summed E-state index contributed by atoms with van der Waals surface area (Å²) in [5.41, 5.74) is 3.81. The van der Waals surface area contributed by atoms with Gasteiger partial charge < -0.3 is 23.5 Å². The zero-order valence-corrected chi connectivity index (χ0v) is 17.8. The Balaban J connectivity index is 1.74. The molecule has 0 spiro atoms. The summed E-state index contributed by atoms with van der Waals surface area (Å²) >= 11 is 0. The van der Waals surface area contributed by atoms with Crippen LogP contribution in [0.2, 0.25) is 0 Å². The number of hydrogen-bond acceptors (Lipinski definition) is 7. The van der Waals surface area contributed by atoms with Gasteiger partial charge in [0.25, 0.3) is 0 Å². The Morgan fingerprint density at radius 2 is 1.68 bits per heavy atom. The molecule has 0 radical (unpaired) electrons. The monoisotopic (exact) mass is 420 g/mol.